The Labute approximate surface area is 121 Å². The third-order valence-electron chi connectivity index (χ3n) is 2.64. The highest BCUT2D eigenvalue weighted by Gasteiger charge is 2.17. The second kappa shape index (κ2) is 6.42. The van der Waals surface area contributed by atoms with Gasteiger partial charge >= 0.3 is 5.97 Å². The van der Waals surface area contributed by atoms with Gasteiger partial charge in [0.15, 0.2) is 0 Å². The summed E-state index contributed by atoms with van der Waals surface area (Å²) >= 11 is 1.59. The monoisotopic (exact) mass is 292 g/mol. The van der Waals surface area contributed by atoms with Crippen molar-refractivity contribution in [1.29, 1.82) is 0 Å². The van der Waals surface area contributed by atoms with Gasteiger partial charge in [-0.15, -0.1) is 11.3 Å². The van der Waals surface area contributed by atoms with E-state index in [0.29, 0.717) is 18.0 Å². The van der Waals surface area contributed by atoms with Gasteiger partial charge in [0, 0.05) is 11.6 Å². The second-order valence-corrected chi connectivity index (χ2v) is 5.23. The normalized spacial score (nSPS) is 11.9. The van der Waals surface area contributed by atoms with Crippen LogP contribution in [0, 0.1) is 6.92 Å². The molecule has 6 nitrogen and oxygen atoms in total. The van der Waals surface area contributed by atoms with Crippen molar-refractivity contribution in [2.75, 3.05) is 11.9 Å². The molecule has 20 heavy (non-hydrogen) atoms. The zero-order valence-corrected chi connectivity index (χ0v) is 12.4. The molecule has 0 aliphatic rings. The molecule has 1 N–H and O–H groups in total. The van der Waals surface area contributed by atoms with Crippen LogP contribution >= 0.6 is 11.3 Å². The summed E-state index contributed by atoms with van der Waals surface area (Å²) in [6, 6.07) is -0.0528. The lowest BCUT2D eigenvalue weighted by molar-refractivity contribution is 0.0526. The highest BCUT2D eigenvalue weighted by atomic mass is 32.1. The van der Waals surface area contributed by atoms with Crippen molar-refractivity contribution in [1.82, 2.24) is 15.0 Å². The van der Waals surface area contributed by atoms with Gasteiger partial charge in [-0.05, 0) is 20.8 Å². The Morgan fingerprint density at radius 2 is 2.35 bits per heavy atom. The van der Waals surface area contributed by atoms with Gasteiger partial charge in [0.25, 0.3) is 0 Å². The maximum Gasteiger partial charge on any atom is 0.343 e. The van der Waals surface area contributed by atoms with E-state index in [0.717, 1.165) is 10.7 Å². The van der Waals surface area contributed by atoms with Crippen LogP contribution in [0.4, 0.5) is 5.82 Å². The van der Waals surface area contributed by atoms with Gasteiger partial charge in [0.05, 0.1) is 23.4 Å². The summed E-state index contributed by atoms with van der Waals surface area (Å²) in [7, 11) is 0. The first-order valence-corrected chi connectivity index (χ1v) is 7.15. The standard InChI is InChI=1S/C13H16N4O2S/c1-4-19-13(18)10-5-14-7-15-12(10)16-8(2)11-6-20-9(3)17-11/h5-8H,4H2,1-3H3,(H,14,15,16). The molecule has 2 heterocycles. The Morgan fingerprint density at radius 3 is 3.00 bits per heavy atom. The highest BCUT2D eigenvalue weighted by Crippen LogP contribution is 2.21. The molecule has 0 aliphatic heterocycles. The molecule has 0 spiro atoms. The number of aryl methyl sites for hydroxylation is 1. The summed E-state index contributed by atoms with van der Waals surface area (Å²) < 4.78 is 4.99. The van der Waals surface area contributed by atoms with Crippen molar-refractivity contribution in [2.24, 2.45) is 0 Å². The van der Waals surface area contributed by atoms with Gasteiger partial charge in [-0.2, -0.15) is 0 Å². The molecular formula is C13H16N4O2S. The molecule has 0 aromatic carbocycles. The van der Waals surface area contributed by atoms with E-state index in [1.54, 1.807) is 18.3 Å². The predicted molar refractivity (Wildman–Crippen MR) is 76.9 cm³/mol. The average molecular weight is 292 g/mol. The van der Waals surface area contributed by atoms with E-state index in [1.165, 1.54) is 12.5 Å². The Balaban J connectivity index is 2.18. The number of carbonyl (C=O) groups is 1. The number of aromatic nitrogens is 3. The smallest absolute Gasteiger partial charge is 0.343 e. The first-order chi connectivity index (χ1) is 9.61. The number of ether oxygens (including phenoxy) is 1. The minimum absolute atomic E-state index is 0.0528. The molecular weight excluding hydrogens is 276 g/mol. The van der Waals surface area contributed by atoms with E-state index in [1.807, 2.05) is 19.2 Å². The Kier molecular flexibility index (Phi) is 4.62. The fourth-order valence-electron chi connectivity index (χ4n) is 1.66. The number of esters is 1. The molecule has 2 aromatic rings. The second-order valence-electron chi connectivity index (χ2n) is 4.16. The molecule has 2 rings (SSSR count). The molecule has 1 atom stereocenters. The fourth-order valence-corrected chi connectivity index (χ4v) is 2.37. The van der Waals surface area contributed by atoms with Crippen LogP contribution in [0.5, 0.6) is 0 Å². The van der Waals surface area contributed by atoms with Crippen molar-refractivity contribution in [3.8, 4) is 0 Å². The van der Waals surface area contributed by atoms with Gasteiger partial charge in [-0.1, -0.05) is 0 Å². The third kappa shape index (κ3) is 3.30. The lowest BCUT2D eigenvalue weighted by Gasteiger charge is -2.14. The van der Waals surface area contributed by atoms with Crippen LogP contribution in [0.3, 0.4) is 0 Å². The van der Waals surface area contributed by atoms with Crippen LogP contribution < -0.4 is 5.32 Å². The Morgan fingerprint density at radius 1 is 1.55 bits per heavy atom. The van der Waals surface area contributed by atoms with E-state index in [9.17, 15) is 4.79 Å². The Hall–Kier alpha value is -2.02. The molecule has 0 fully saturated rings. The van der Waals surface area contributed by atoms with Crippen LogP contribution in [-0.2, 0) is 4.74 Å². The van der Waals surface area contributed by atoms with Crippen molar-refractivity contribution >= 4 is 23.1 Å². The lowest BCUT2D eigenvalue weighted by Crippen LogP contribution is -2.14. The summed E-state index contributed by atoms with van der Waals surface area (Å²) in [5.41, 5.74) is 1.24. The fraction of sp³-hybridized carbons (Fsp3) is 0.385. The summed E-state index contributed by atoms with van der Waals surface area (Å²) in [5.74, 6) is 0.0221. The summed E-state index contributed by atoms with van der Waals surface area (Å²) in [6.07, 6.45) is 2.84. The SMILES string of the molecule is CCOC(=O)c1cncnc1NC(C)c1csc(C)n1. The zero-order chi connectivity index (χ0) is 14.5. The predicted octanol–water partition coefficient (Wildman–Crippen LogP) is 2.59. The van der Waals surface area contributed by atoms with Crippen molar-refractivity contribution < 1.29 is 9.53 Å². The molecule has 0 saturated heterocycles. The van der Waals surface area contributed by atoms with Gasteiger partial charge < -0.3 is 10.1 Å². The molecule has 2 aromatic heterocycles. The van der Waals surface area contributed by atoms with Crippen molar-refractivity contribution in [3.63, 3.8) is 0 Å². The summed E-state index contributed by atoms with van der Waals surface area (Å²) in [4.78, 5) is 24.2. The van der Waals surface area contributed by atoms with Gasteiger partial charge in [-0.25, -0.2) is 19.7 Å². The van der Waals surface area contributed by atoms with E-state index in [4.69, 9.17) is 4.74 Å². The first-order valence-electron chi connectivity index (χ1n) is 6.27. The topological polar surface area (TPSA) is 77.0 Å². The number of anilines is 1. The van der Waals surface area contributed by atoms with E-state index >= 15 is 0 Å². The molecule has 1 unspecified atom stereocenters. The minimum Gasteiger partial charge on any atom is -0.462 e. The summed E-state index contributed by atoms with van der Waals surface area (Å²) in [6.45, 7) is 5.99. The van der Waals surface area contributed by atoms with Crippen LogP contribution in [0.15, 0.2) is 17.9 Å². The first kappa shape index (κ1) is 14.4. The minimum atomic E-state index is -0.433. The average Bonchev–Trinajstić information content (AvgIpc) is 2.86. The molecule has 106 valence electrons. The third-order valence-corrected chi connectivity index (χ3v) is 3.43. The van der Waals surface area contributed by atoms with E-state index < -0.39 is 5.97 Å². The largest absolute Gasteiger partial charge is 0.462 e. The van der Waals surface area contributed by atoms with E-state index in [2.05, 4.69) is 20.3 Å². The van der Waals surface area contributed by atoms with Gasteiger partial charge in [0.1, 0.15) is 17.7 Å². The molecule has 0 radical (unpaired) electrons. The molecule has 0 amide bonds. The number of hydrogen-bond acceptors (Lipinski definition) is 7. The van der Waals surface area contributed by atoms with Crippen molar-refractivity contribution in [2.45, 2.75) is 26.8 Å². The van der Waals surface area contributed by atoms with Crippen molar-refractivity contribution in [3.05, 3.63) is 34.2 Å². The maximum absolute atomic E-state index is 11.8. The Bertz CT molecular complexity index is 600. The van der Waals surface area contributed by atoms with Gasteiger partial charge in [0.2, 0.25) is 0 Å². The van der Waals surface area contributed by atoms with Crippen LogP contribution in [-0.4, -0.2) is 27.5 Å². The number of carbonyl (C=O) groups excluding carboxylic acids is 1. The molecule has 0 saturated carbocycles. The number of thiazole rings is 1. The van der Waals surface area contributed by atoms with Gasteiger partial charge in [-0.3, -0.25) is 0 Å². The lowest BCUT2D eigenvalue weighted by atomic mass is 10.2. The van der Waals surface area contributed by atoms with Crippen LogP contribution in [0.1, 0.15) is 40.9 Å². The number of hydrogen-bond donors (Lipinski definition) is 1. The zero-order valence-electron chi connectivity index (χ0n) is 11.6. The number of nitrogens with one attached hydrogen (secondary N) is 1. The summed E-state index contributed by atoms with van der Waals surface area (Å²) in [5, 5.41) is 6.16. The van der Waals surface area contributed by atoms with E-state index in [-0.39, 0.29) is 6.04 Å². The van der Waals surface area contributed by atoms with Crippen LogP contribution in [0.25, 0.3) is 0 Å². The molecule has 0 bridgehead atoms. The molecule has 7 heteroatoms. The highest BCUT2D eigenvalue weighted by molar-refractivity contribution is 7.09. The van der Waals surface area contributed by atoms with Crippen LogP contribution in [0.2, 0.25) is 0 Å². The molecule has 0 aliphatic carbocycles. The number of nitrogens with zero attached hydrogens (tertiary/aromatic N) is 3. The number of rotatable bonds is 5. The maximum atomic E-state index is 11.8. The quantitative estimate of drug-likeness (QED) is 0.854.